The average molecular weight is 242 g/mol. The number of hydrogen-bond acceptors (Lipinski definition) is 3. The summed E-state index contributed by atoms with van der Waals surface area (Å²) in [5.41, 5.74) is 0. The van der Waals surface area contributed by atoms with Gasteiger partial charge in [0.15, 0.2) is 0 Å². The van der Waals surface area contributed by atoms with Crippen LogP contribution >= 0.6 is 11.8 Å². The molecule has 0 saturated heterocycles. The molecule has 0 saturated carbocycles. The highest BCUT2D eigenvalue weighted by Gasteiger charge is 2.10. The molecule has 0 aliphatic rings. The lowest BCUT2D eigenvalue weighted by molar-refractivity contribution is -0.122. The Balaban J connectivity index is 3.44. The summed E-state index contributed by atoms with van der Waals surface area (Å²) in [7, 11) is 0. The Morgan fingerprint density at radius 2 is 2.25 bits per heavy atom. The van der Waals surface area contributed by atoms with Gasteiger partial charge in [0, 0.05) is 18.8 Å². The predicted molar refractivity (Wildman–Crippen MR) is 71.5 cm³/mol. The van der Waals surface area contributed by atoms with Gasteiger partial charge in [0.1, 0.15) is 0 Å². The third-order valence-corrected chi connectivity index (χ3v) is 2.97. The van der Waals surface area contributed by atoms with Crippen LogP contribution in [0, 0.1) is 12.3 Å². The lowest BCUT2D eigenvalue weighted by Gasteiger charge is -2.13. The van der Waals surface area contributed by atoms with E-state index in [4.69, 9.17) is 6.42 Å². The standard InChI is InChI=1S/C12H22N2OS/c1-4-6-7-14-12(15)11(3)13-8-10-16-9-5-2/h2,11,13H,4,6-10H2,1,3H3,(H,14,15). The van der Waals surface area contributed by atoms with E-state index in [1.807, 2.05) is 6.92 Å². The molecule has 2 N–H and O–H groups in total. The number of rotatable bonds is 9. The zero-order chi connectivity index (χ0) is 12.2. The van der Waals surface area contributed by atoms with E-state index in [0.717, 1.165) is 37.4 Å². The molecule has 92 valence electrons. The van der Waals surface area contributed by atoms with Crippen molar-refractivity contribution in [2.24, 2.45) is 0 Å². The molecule has 0 fully saturated rings. The molecule has 0 bridgehead atoms. The van der Waals surface area contributed by atoms with Crippen LogP contribution in [0.15, 0.2) is 0 Å². The second-order valence-electron chi connectivity index (χ2n) is 3.58. The van der Waals surface area contributed by atoms with E-state index in [9.17, 15) is 4.79 Å². The summed E-state index contributed by atoms with van der Waals surface area (Å²) in [6.07, 6.45) is 7.27. The van der Waals surface area contributed by atoms with Crippen molar-refractivity contribution in [3.05, 3.63) is 0 Å². The summed E-state index contributed by atoms with van der Waals surface area (Å²) in [6, 6.07) is -0.122. The third kappa shape index (κ3) is 8.63. The van der Waals surface area contributed by atoms with Crippen LogP contribution in [-0.2, 0) is 4.79 Å². The zero-order valence-corrected chi connectivity index (χ0v) is 11.0. The van der Waals surface area contributed by atoms with Gasteiger partial charge in [-0.15, -0.1) is 18.2 Å². The van der Waals surface area contributed by atoms with Crippen molar-refractivity contribution in [3.63, 3.8) is 0 Å². The molecule has 0 aliphatic heterocycles. The van der Waals surface area contributed by atoms with Gasteiger partial charge in [-0.3, -0.25) is 4.79 Å². The molecule has 0 spiro atoms. The van der Waals surface area contributed by atoms with E-state index in [1.54, 1.807) is 11.8 Å². The third-order valence-electron chi connectivity index (χ3n) is 2.11. The Morgan fingerprint density at radius 1 is 1.50 bits per heavy atom. The number of terminal acetylenes is 1. The summed E-state index contributed by atoms with van der Waals surface area (Å²) in [6.45, 7) is 5.57. The molecule has 0 radical (unpaired) electrons. The molecule has 0 aromatic rings. The van der Waals surface area contributed by atoms with Crippen LogP contribution in [0.1, 0.15) is 26.7 Å². The molecular weight excluding hydrogens is 220 g/mol. The first-order valence-electron chi connectivity index (χ1n) is 5.74. The van der Waals surface area contributed by atoms with Gasteiger partial charge in [0.05, 0.1) is 11.8 Å². The molecule has 1 atom stereocenters. The van der Waals surface area contributed by atoms with Gasteiger partial charge in [0.2, 0.25) is 5.91 Å². The Morgan fingerprint density at radius 3 is 2.88 bits per heavy atom. The SMILES string of the molecule is C#CCSCCNC(C)C(=O)NCCCC. The van der Waals surface area contributed by atoms with Crippen LogP contribution in [0.3, 0.4) is 0 Å². The highest BCUT2D eigenvalue weighted by molar-refractivity contribution is 7.99. The molecule has 1 unspecified atom stereocenters. The maximum Gasteiger partial charge on any atom is 0.236 e. The van der Waals surface area contributed by atoms with Crippen molar-refractivity contribution in [3.8, 4) is 12.3 Å². The van der Waals surface area contributed by atoms with E-state index >= 15 is 0 Å². The van der Waals surface area contributed by atoms with E-state index in [0.29, 0.717) is 0 Å². The Labute approximate surface area is 103 Å². The number of hydrogen-bond donors (Lipinski definition) is 2. The van der Waals surface area contributed by atoms with E-state index < -0.39 is 0 Å². The van der Waals surface area contributed by atoms with Crippen molar-refractivity contribution in [2.75, 3.05) is 24.6 Å². The fourth-order valence-corrected chi connectivity index (χ4v) is 1.64. The van der Waals surface area contributed by atoms with Crippen LogP contribution in [0.25, 0.3) is 0 Å². The van der Waals surface area contributed by atoms with Crippen LogP contribution in [-0.4, -0.2) is 36.5 Å². The molecule has 0 heterocycles. The Bertz CT molecular complexity index is 226. The van der Waals surface area contributed by atoms with Crippen molar-refractivity contribution < 1.29 is 4.79 Å². The summed E-state index contributed by atoms with van der Waals surface area (Å²) in [5, 5.41) is 6.06. The van der Waals surface area contributed by atoms with Crippen molar-refractivity contribution in [2.45, 2.75) is 32.7 Å². The number of thioether (sulfide) groups is 1. The van der Waals surface area contributed by atoms with Crippen LogP contribution < -0.4 is 10.6 Å². The summed E-state index contributed by atoms with van der Waals surface area (Å²) >= 11 is 1.70. The Kier molecular flexibility index (Phi) is 10.4. The number of nitrogens with one attached hydrogen (secondary N) is 2. The highest BCUT2D eigenvalue weighted by Crippen LogP contribution is 1.96. The molecule has 3 nitrogen and oxygen atoms in total. The van der Waals surface area contributed by atoms with Crippen molar-refractivity contribution in [1.29, 1.82) is 0 Å². The minimum absolute atomic E-state index is 0.0791. The van der Waals surface area contributed by atoms with Gasteiger partial charge in [-0.1, -0.05) is 19.3 Å². The van der Waals surface area contributed by atoms with E-state index in [-0.39, 0.29) is 11.9 Å². The fraction of sp³-hybridized carbons (Fsp3) is 0.750. The minimum atomic E-state index is -0.122. The molecular formula is C12H22N2OS. The van der Waals surface area contributed by atoms with Crippen LogP contribution in [0.5, 0.6) is 0 Å². The molecule has 1 amide bonds. The smallest absolute Gasteiger partial charge is 0.236 e. The van der Waals surface area contributed by atoms with E-state index in [1.165, 1.54) is 0 Å². The lowest BCUT2D eigenvalue weighted by atomic mass is 10.3. The van der Waals surface area contributed by atoms with Gasteiger partial charge in [-0.05, 0) is 13.3 Å². The van der Waals surface area contributed by atoms with E-state index in [2.05, 4.69) is 23.5 Å². The molecule has 0 aromatic carbocycles. The van der Waals surface area contributed by atoms with Crippen molar-refractivity contribution >= 4 is 17.7 Å². The molecule has 4 heteroatoms. The quantitative estimate of drug-likeness (QED) is 0.472. The number of amides is 1. The number of unbranched alkanes of at least 4 members (excludes halogenated alkanes) is 1. The Hall–Kier alpha value is -0.660. The molecule has 0 aromatic heterocycles. The predicted octanol–water partition coefficient (Wildman–Crippen LogP) is 1.25. The molecule has 0 rings (SSSR count). The van der Waals surface area contributed by atoms with Crippen LogP contribution in [0.4, 0.5) is 0 Å². The average Bonchev–Trinajstić information content (AvgIpc) is 2.28. The van der Waals surface area contributed by atoms with Gasteiger partial charge < -0.3 is 10.6 Å². The van der Waals surface area contributed by atoms with Gasteiger partial charge in [0.25, 0.3) is 0 Å². The monoisotopic (exact) mass is 242 g/mol. The first-order valence-corrected chi connectivity index (χ1v) is 6.90. The normalized spacial score (nSPS) is 11.8. The van der Waals surface area contributed by atoms with Gasteiger partial charge in [-0.2, -0.15) is 0 Å². The van der Waals surface area contributed by atoms with Gasteiger partial charge >= 0.3 is 0 Å². The summed E-state index contributed by atoms with van der Waals surface area (Å²) in [5.74, 6) is 4.32. The maximum absolute atomic E-state index is 11.5. The number of carbonyl (C=O) groups is 1. The zero-order valence-electron chi connectivity index (χ0n) is 10.2. The summed E-state index contributed by atoms with van der Waals surface area (Å²) < 4.78 is 0. The topological polar surface area (TPSA) is 41.1 Å². The molecule has 0 aliphatic carbocycles. The largest absolute Gasteiger partial charge is 0.355 e. The molecule has 16 heavy (non-hydrogen) atoms. The van der Waals surface area contributed by atoms with Gasteiger partial charge in [-0.25, -0.2) is 0 Å². The fourth-order valence-electron chi connectivity index (χ4n) is 1.11. The first-order chi connectivity index (χ1) is 7.72. The lowest BCUT2D eigenvalue weighted by Crippen LogP contribution is -2.43. The minimum Gasteiger partial charge on any atom is -0.355 e. The van der Waals surface area contributed by atoms with Crippen LogP contribution in [0.2, 0.25) is 0 Å². The second-order valence-corrected chi connectivity index (χ2v) is 4.68. The second kappa shape index (κ2) is 10.8. The summed E-state index contributed by atoms with van der Waals surface area (Å²) in [4.78, 5) is 11.5. The highest BCUT2D eigenvalue weighted by atomic mass is 32.2. The number of carbonyl (C=O) groups excluding carboxylic acids is 1. The maximum atomic E-state index is 11.5. The first kappa shape index (κ1) is 15.3. The van der Waals surface area contributed by atoms with Crippen molar-refractivity contribution in [1.82, 2.24) is 10.6 Å².